The van der Waals surface area contributed by atoms with Crippen molar-refractivity contribution in [2.24, 2.45) is 5.41 Å². The lowest BCUT2D eigenvalue weighted by atomic mass is 9.63. The summed E-state index contributed by atoms with van der Waals surface area (Å²) in [5.74, 6) is -0.971. The molecule has 72 valence electrons. The quantitative estimate of drug-likeness (QED) is 0.643. The highest BCUT2D eigenvalue weighted by Crippen LogP contribution is 2.59. The van der Waals surface area contributed by atoms with Gasteiger partial charge < -0.3 is 10.0 Å². The Kier molecular flexibility index (Phi) is 1.35. The number of nitrogens with zero attached hydrogens (tertiary/aromatic N) is 1. The van der Waals surface area contributed by atoms with E-state index >= 15 is 0 Å². The standard InChI is InChI=1S/C9H13NO3/c1-6(11)10-5-8(2)3-9(10,4-8)7(12)13/h3-5H2,1-2H3,(H,12,13). The van der Waals surface area contributed by atoms with Crippen LogP contribution in [0, 0.1) is 5.41 Å². The zero-order valence-corrected chi connectivity index (χ0v) is 7.83. The summed E-state index contributed by atoms with van der Waals surface area (Å²) in [6, 6.07) is 0. The van der Waals surface area contributed by atoms with E-state index in [0.29, 0.717) is 19.4 Å². The maximum atomic E-state index is 11.2. The van der Waals surface area contributed by atoms with Gasteiger partial charge in [0.2, 0.25) is 5.91 Å². The van der Waals surface area contributed by atoms with E-state index in [-0.39, 0.29) is 11.3 Å². The SMILES string of the molecule is CC(=O)N1CC2(C)CC1(C(=O)O)C2. The number of carboxylic acids is 1. The molecule has 4 heteroatoms. The Hall–Kier alpha value is -1.06. The van der Waals surface area contributed by atoms with Gasteiger partial charge in [-0.1, -0.05) is 6.92 Å². The summed E-state index contributed by atoms with van der Waals surface area (Å²) in [6.45, 7) is 4.08. The summed E-state index contributed by atoms with van der Waals surface area (Å²) in [6.07, 6.45) is 1.24. The second-order valence-electron chi connectivity index (χ2n) is 4.61. The van der Waals surface area contributed by atoms with Gasteiger partial charge in [0.05, 0.1) is 0 Å². The molecular weight excluding hydrogens is 170 g/mol. The van der Waals surface area contributed by atoms with Crippen LogP contribution in [0.3, 0.4) is 0 Å². The van der Waals surface area contributed by atoms with Gasteiger partial charge in [-0.2, -0.15) is 0 Å². The fraction of sp³-hybridized carbons (Fsp3) is 0.778. The van der Waals surface area contributed by atoms with E-state index in [0.717, 1.165) is 0 Å². The van der Waals surface area contributed by atoms with Gasteiger partial charge in [-0.3, -0.25) is 4.79 Å². The summed E-state index contributed by atoms with van der Waals surface area (Å²) in [5, 5.41) is 9.05. The van der Waals surface area contributed by atoms with Crippen LogP contribution >= 0.6 is 0 Å². The summed E-state index contributed by atoms with van der Waals surface area (Å²) >= 11 is 0. The summed E-state index contributed by atoms with van der Waals surface area (Å²) < 4.78 is 0. The highest BCUT2D eigenvalue weighted by Gasteiger charge is 2.68. The molecule has 1 amide bonds. The molecule has 2 heterocycles. The van der Waals surface area contributed by atoms with E-state index in [1.165, 1.54) is 11.8 Å². The molecule has 1 N–H and O–H groups in total. The van der Waals surface area contributed by atoms with Crippen LogP contribution in [-0.2, 0) is 9.59 Å². The first-order chi connectivity index (χ1) is 5.90. The van der Waals surface area contributed by atoms with Crippen LogP contribution in [0.15, 0.2) is 0 Å². The van der Waals surface area contributed by atoms with Gasteiger partial charge in [-0.15, -0.1) is 0 Å². The zero-order chi connectivity index (χ0) is 9.85. The second kappa shape index (κ2) is 2.05. The summed E-state index contributed by atoms with van der Waals surface area (Å²) in [5.41, 5.74) is -0.801. The molecule has 0 radical (unpaired) electrons. The van der Waals surface area contributed by atoms with Crippen molar-refractivity contribution in [2.75, 3.05) is 6.54 Å². The van der Waals surface area contributed by atoms with Gasteiger partial charge in [0.1, 0.15) is 5.54 Å². The first-order valence-electron chi connectivity index (χ1n) is 4.41. The van der Waals surface area contributed by atoms with Gasteiger partial charge >= 0.3 is 5.97 Å². The molecule has 1 aliphatic carbocycles. The average molecular weight is 183 g/mol. The van der Waals surface area contributed by atoms with E-state index in [1.807, 2.05) is 6.92 Å². The van der Waals surface area contributed by atoms with Gasteiger partial charge in [-0.05, 0) is 18.3 Å². The van der Waals surface area contributed by atoms with E-state index < -0.39 is 11.5 Å². The number of hydrogen-bond acceptors (Lipinski definition) is 2. The number of hydrogen-bond donors (Lipinski definition) is 1. The number of carboxylic acid groups (broad SMARTS) is 1. The molecule has 13 heavy (non-hydrogen) atoms. The molecular formula is C9H13NO3. The third kappa shape index (κ3) is 0.857. The van der Waals surface area contributed by atoms with Crippen LogP contribution in [0.1, 0.15) is 26.7 Å². The molecule has 0 aromatic carbocycles. The molecule has 0 unspecified atom stereocenters. The summed E-state index contributed by atoms with van der Waals surface area (Å²) in [4.78, 5) is 23.7. The Bertz CT molecular complexity index is 286. The van der Waals surface area contributed by atoms with E-state index in [2.05, 4.69) is 0 Å². The van der Waals surface area contributed by atoms with Crippen molar-refractivity contribution in [3.8, 4) is 0 Å². The molecule has 3 rings (SSSR count). The lowest BCUT2D eigenvalue weighted by molar-refractivity contribution is -0.159. The van der Waals surface area contributed by atoms with Crippen molar-refractivity contribution in [1.82, 2.24) is 4.90 Å². The number of aliphatic carboxylic acids is 1. The Morgan fingerprint density at radius 2 is 1.92 bits per heavy atom. The maximum absolute atomic E-state index is 11.2. The highest BCUT2D eigenvalue weighted by molar-refractivity contribution is 5.89. The molecule has 3 aliphatic rings. The molecule has 0 atom stereocenters. The monoisotopic (exact) mass is 183 g/mol. The number of fused-ring (bicyclic) bond motifs is 1. The molecule has 2 bridgehead atoms. The molecule has 2 saturated heterocycles. The zero-order valence-electron chi connectivity index (χ0n) is 7.83. The van der Waals surface area contributed by atoms with Crippen molar-refractivity contribution in [1.29, 1.82) is 0 Å². The van der Waals surface area contributed by atoms with Gasteiger partial charge in [0.25, 0.3) is 0 Å². The largest absolute Gasteiger partial charge is 0.479 e. The number of carbonyl (C=O) groups excluding carboxylic acids is 1. The van der Waals surface area contributed by atoms with Crippen LogP contribution in [0.25, 0.3) is 0 Å². The molecule has 4 nitrogen and oxygen atoms in total. The predicted octanol–water partition coefficient (Wildman–Crippen LogP) is 0.472. The molecule has 2 aliphatic heterocycles. The van der Waals surface area contributed by atoms with Crippen molar-refractivity contribution in [2.45, 2.75) is 32.2 Å². The van der Waals surface area contributed by atoms with Crippen LogP contribution in [-0.4, -0.2) is 34.0 Å². The van der Waals surface area contributed by atoms with E-state index in [9.17, 15) is 9.59 Å². The van der Waals surface area contributed by atoms with E-state index in [1.54, 1.807) is 0 Å². The molecule has 0 aromatic heterocycles. The fourth-order valence-electron chi connectivity index (χ4n) is 2.88. The topological polar surface area (TPSA) is 57.6 Å². The highest BCUT2D eigenvalue weighted by atomic mass is 16.4. The van der Waals surface area contributed by atoms with Crippen molar-refractivity contribution in [3.63, 3.8) is 0 Å². The van der Waals surface area contributed by atoms with Crippen LogP contribution < -0.4 is 0 Å². The lowest BCUT2D eigenvalue weighted by Gasteiger charge is -2.42. The molecule has 1 saturated carbocycles. The van der Waals surface area contributed by atoms with Crippen molar-refractivity contribution < 1.29 is 14.7 Å². The fourth-order valence-corrected chi connectivity index (χ4v) is 2.88. The minimum Gasteiger partial charge on any atom is -0.479 e. The molecule has 3 fully saturated rings. The maximum Gasteiger partial charge on any atom is 0.329 e. The van der Waals surface area contributed by atoms with E-state index in [4.69, 9.17) is 5.11 Å². The molecule has 0 spiro atoms. The van der Waals surface area contributed by atoms with Gasteiger partial charge in [-0.25, -0.2) is 4.79 Å². The Morgan fingerprint density at radius 3 is 2.23 bits per heavy atom. The van der Waals surface area contributed by atoms with Gasteiger partial charge in [0, 0.05) is 13.5 Å². The smallest absolute Gasteiger partial charge is 0.329 e. The van der Waals surface area contributed by atoms with Crippen LogP contribution in [0.2, 0.25) is 0 Å². The number of carbonyl (C=O) groups is 2. The first-order valence-corrected chi connectivity index (χ1v) is 4.41. The first kappa shape index (κ1) is 8.53. The lowest BCUT2D eigenvalue weighted by Crippen LogP contribution is -2.55. The van der Waals surface area contributed by atoms with Crippen LogP contribution in [0.5, 0.6) is 0 Å². The molecule has 0 aromatic rings. The average Bonchev–Trinajstić information content (AvgIpc) is 2.36. The van der Waals surface area contributed by atoms with Crippen molar-refractivity contribution in [3.05, 3.63) is 0 Å². The number of rotatable bonds is 1. The van der Waals surface area contributed by atoms with Gasteiger partial charge in [0.15, 0.2) is 0 Å². The van der Waals surface area contributed by atoms with Crippen molar-refractivity contribution >= 4 is 11.9 Å². The third-order valence-electron chi connectivity index (χ3n) is 3.27. The summed E-state index contributed by atoms with van der Waals surface area (Å²) in [7, 11) is 0. The Balaban J connectivity index is 2.32. The Labute approximate surface area is 76.5 Å². The predicted molar refractivity (Wildman–Crippen MR) is 45.1 cm³/mol. The minimum absolute atomic E-state index is 0.0596. The Morgan fingerprint density at radius 1 is 1.38 bits per heavy atom. The normalized spacial score (nSPS) is 41.5. The second-order valence-corrected chi connectivity index (χ2v) is 4.61. The number of amides is 1. The third-order valence-corrected chi connectivity index (χ3v) is 3.27. The van der Waals surface area contributed by atoms with Crippen LogP contribution in [0.4, 0.5) is 0 Å². The minimum atomic E-state index is -0.861.